The quantitative estimate of drug-likeness (QED) is 0.769. The molecule has 0 spiro atoms. The molecule has 5 nitrogen and oxygen atoms in total. The minimum atomic E-state index is -0.954. The summed E-state index contributed by atoms with van der Waals surface area (Å²) in [5.41, 5.74) is 0. The van der Waals surface area contributed by atoms with E-state index in [1.54, 1.807) is 6.92 Å². The molecule has 12 heavy (non-hydrogen) atoms. The lowest BCUT2D eigenvalue weighted by Gasteiger charge is -2.09. The van der Waals surface area contributed by atoms with Crippen molar-refractivity contribution < 1.29 is 9.90 Å². The van der Waals surface area contributed by atoms with Gasteiger partial charge in [0.2, 0.25) is 5.28 Å². The second-order valence-corrected chi connectivity index (χ2v) is 2.57. The molecule has 0 bridgehead atoms. The van der Waals surface area contributed by atoms with Crippen LogP contribution in [0.2, 0.25) is 5.28 Å². The molecule has 1 N–H and O–H groups in total. The number of halogens is 1. The van der Waals surface area contributed by atoms with Crippen LogP contribution in [0.1, 0.15) is 19.4 Å². The zero-order chi connectivity index (χ0) is 9.14. The van der Waals surface area contributed by atoms with E-state index in [9.17, 15) is 4.79 Å². The Bertz CT molecular complexity index is 286. The summed E-state index contributed by atoms with van der Waals surface area (Å²) in [6.45, 7) is 1.75. The van der Waals surface area contributed by atoms with Crippen LogP contribution in [0.25, 0.3) is 0 Å². The average Bonchev–Trinajstić information content (AvgIpc) is 2.38. The first-order valence-electron chi connectivity index (χ1n) is 3.44. The first-order valence-corrected chi connectivity index (χ1v) is 3.82. The molecule has 0 aliphatic rings. The van der Waals surface area contributed by atoms with Gasteiger partial charge >= 0.3 is 5.97 Å². The van der Waals surface area contributed by atoms with Crippen molar-refractivity contribution in [3.8, 4) is 0 Å². The van der Waals surface area contributed by atoms with Crippen LogP contribution in [0.4, 0.5) is 0 Å². The zero-order valence-electron chi connectivity index (χ0n) is 6.44. The Morgan fingerprint density at radius 1 is 1.92 bits per heavy atom. The second-order valence-electron chi connectivity index (χ2n) is 2.24. The topological polar surface area (TPSA) is 68.0 Å². The van der Waals surface area contributed by atoms with Gasteiger partial charge in [0, 0.05) is 0 Å². The molecule has 0 radical (unpaired) electrons. The average molecular weight is 190 g/mol. The summed E-state index contributed by atoms with van der Waals surface area (Å²) < 4.78 is 1.18. The fourth-order valence-electron chi connectivity index (χ4n) is 0.897. The predicted molar refractivity (Wildman–Crippen MR) is 42.0 cm³/mol. The predicted octanol–water partition coefficient (Wildman–Crippen LogP) is 0.967. The standard InChI is InChI=1S/C6H8ClN3O2/c1-2-4(5(11)12)10-6(7)8-3-9-10/h3-4H,2H2,1H3,(H,11,12)/t4-/m0/s1. The summed E-state index contributed by atoms with van der Waals surface area (Å²) >= 11 is 5.58. The van der Waals surface area contributed by atoms with Gasteiger partial charge in [-0.25, -0.2) is 14.5 Å². The van der Waals surface area contributed by atoms with Crippen molar-refractivity contribution in [3.05, 3.63) is 11.6 Å². The third-order valence-corrected chi connectivity index (χ3v) is 1.77. The van der Waals surface area contributed by atoms with E-state index in [4.69, 9.17) is 16.7 Å². The van der Waals surface area contributed by atoms with Gasteiger partial charge in [0.05, 0.1) is 0 Å². The van der Waals surface area contributed by atoms with Crippen LogP contribution in [0.3, 0.4) is 0 Å². The zero-order valence-corrected chi connectivity index (χ0v) is 7.19. The lowest BCUT2D eigenvalue weighted by molar-refractivity contribution is -0.141. The van der Waals surface area contributed by atoms with E-state index in [2.05, 4.69) is 10.1 Å². The molecule has 1 atom stereocenters. The monoisotopic (exact) mass is 189 g/mol. The SMILES string of the molecule is CC[C@@H](C(=O)O)n1ncnc1Cl. The number of nitrogens with zero attached hydrogens (tertiary/aromatic N) is 3. The molecule has 0 aromatic carbocycles. The largest absolute Gasteiger partial charge is 0.480 e. The molecule has 6 heteroatoms. The summed E-state index contributed by atoms with van der Waals surface area (Å²) in [5, 5.41) is 12.5. The Hall–Kier alpha value is -1.10. The molecule has 66 valence electrons. The molecule has 1 aromatic heterocycles. The molecule has 0 aliphatic heterocycles. The minimum Gasteiger partial charge on any atom is -0.480 e. The number of hydrogen-bond acceptors (Lipinski definition) is 3. The van der Waals surface area contributed by atoms with Gasteiger partial charge in [0.15, 0.2) is 6.04 Å². The minimum absolute atomic E-state index is 0.101. The van der Waals surface area contributed by atoms with Crippen molar-refractivity contribution >= 4 is 17.6 Å². The van der Waals surface area contributed by atoms with Gasteiger partial charge in [-0.1, -0.05) is 6.92 Å². The van der Waals surface area contributed by atoms with E-state index in [0.717, 1.165) is 0 Å². The van der Waals surface area contributed by atoms with Crippen molar-refractivity contribution in [2.45, 2.75) is 19.4 Å². The molecule has 0 aliphatic carbocycles. The summed E-state index contributed by atoms with van der Waals surface area (Å²) in [5.74, 6) is -0.954. The van der Waals surface area contributed by atoms with Crippen molar-refractivity contribution in [2.24, 2.45) is 0 Å². The number of aromatic nitrogens is 3. The highest BCUT2D eigenvalue weighted by Crippen LogP contribution is 2.14. The van der Waals surface area contributed by atoms with Crippen LogP contribution in [-0.4, -0.2) is 25.8 Å². The molecule has 0 saturated heterocycles. The van der Waals surface area contributed by atoms with Crippen molar-refractivity contribution in [2.75, 3.05) is 0 Å². The fourth-order valence-corrected chi connectivity index (χ4v) is 1.10. The second kappa shape index (κ2) is 3.53. The summed E-state index contributed by atoms with van der Waals surface area (Å²) in [7, 11) is 0. The van der Waals surface area contributed by atoms with E-state index in [1.165, 1.54) is 11.0 Å². The number of hydrogen-bond donors (Lipinski definition) is 1. The lowest BCUT2D eigenvalue weighted by atomic mass is 10.2. The van der Waals surface area contributed by atoms with Crippen molar-refractivity contribution in [1.29, 1.82) is 0 Å². The maximum atomic E-state index is 10.6. The van der Waals surface area contributed by atoms with Crippen LogP contribution in [0.5, 0.6) is 0 Å². The van der Waals surface area contributed by atoms with Crippen molar-refractivity contribution in [1.82, 2.24) is 14.8 Å². The Balaban J connectivity index is 2.94. The molecule has 0 amide bonds. The van der Waals surface area contributed by atoms with Gasteiger partial charge in [0.1, 0.15) is 6.33 Å². The van der Waals surface area contributed by atoms with E-state index >= 15 is 0 Å². The third kappa shape index (κ3) is 1.55. The van der Waals surface area contributed by atoms with Crippen LogP contribution >= 0.6 is 11.6 Å². The summed E-state index contributed by atoms with van der Waals surface area (Å²) in [4.78, 5) is 14.3. The molecular weight excluding hydrogens is 182 g/mol. The van der Waals surface area contributed by atoms with E-state index < -0.39 is 12.0 Å². The highest BCUT2D eigenvalue weighted by atomic mass is 35.5. The highest BCUT2D eigenvalue weighted by molar-refractivity contribution is 6.28. The molecule has 1 aromatic rings. The van der Waals surface area contributed by atoms with E-state index in [-0.39, 0.29) is 5.28 Å². The smallest absolute Gasteiger partial charge is 0.328 e. The van der Waals surface area contributed by atoms with Crippen molar-refractivity contribution in [3.63, 3.8) is 0 Å². The van der Waals surface area contributed by atoms with Crippen LogP contribution in [0.15, 0.2) is 6.33 Å². The van der Waals surface area contributed by atoms with E-state index in [1.807, 2.05) is 0 Å². The van der Waals surface area contributed by atoms with Gasteiger partial charge in [-0.2, -0.15) is 5.10 Å². The number of rotatable bonds is 3. The van der Waals surface area contributed by atoms with Gasteiger partial charge in [-0.15, -0.1) is 0 Å². The highest BCUT2D eigenvalue weighted by Gasteiger charge is 2.20. The molecule has 0 fully saturated rings. The van der Waals surface area contributed by atoms with Gasteiger partial charge < -0.3 is 5.11 Å². The fraction of sp³-hybridized carbons (Fsp3) is 0.500. The Morgan fingerprint density at radius 2 is 2.58 bits per heavy atom. The van der Waals surface area contributed by atoms with Gasteiger partial charge in [0.25, 0.3) is 0 Å². The Kier molecular flexibility index (Phi) is 2.65. The number of carboxylic acid groups (broad SMARTS) is 1. The summed E-state index contributed by atoms with van der Waals surface area (Å²) in [6.07, 6.45) is 1.66. The number of carboxylic acids is 1. The Labute approximate surface area is 74.0 Å². The first-order chi connectivity index (χ1) is 5.66. The summed E-state index contributed by atoms with van der Waals surface area (Å²) in [6, 6.07) is -0.722. The van der Waals surface area contributed by atoms with Gasteiger partial charge in [-0.3, -0.25) is 0 Å². The van der Waals surface area contributed by atoms with Gasteiger partial charge in [-0.05, 0) is 18.0 Å². The normalized spacial score (nSPS) is 12.8. The third-order valence-electron chi connectivity index (χ3n) is 1.50. The molecule has 0 saturated carbocycles. The maximum Gasteiger partial charge on any atom is 0.328 e. The van der Waals surface area contributed by atoms with Crippen LogP contribution in [-0.2, 0) is 4.79 Å². The first kappa shape index (κ1) is 8.99. The number of carbonyl (C=O) groups is 1. The van der Waals surface area contributed by atoms with Crippen LogP contribution < -0.4 is 0 Å². The van der Waals surface area contributed by atoms with Crippen LogP contribution in [0, 0.1) is 0 Å². The molecule has 0 unspecified atom stereocenters. The maximum absolute atomic E-state index is 10.6. The lowest BCUT2D eigenvalue weighted by Crippen LogP contribution is -2.19. The van der Waals surface area contributed by atoms with E-state index in [0.29, 0.717) is 6.42 Å². The number of aliphatic carboxylic acids is 1. The molecule has 1 rings (SSSR count). The molecule has 1 heterocycles. The molecular formula is C6H8ClN3O2. The Morgan fingerprint density at radius 3 is 2.92 bits per heavy atom.